The molecule has 0 spiro atoms. The summed E-state index contributed by atoms with van der Waals surface area (Å²) in [6, 6.07) is 12.7. The minimum atomic E-state index is -0.512. The normalized spacial score (nSPS) is 17.7. The van der Waals surface area contributed by atoms with E-state index in [1.807, 2.05) is 44.2 Å². The molecule has 3 rings (SSSR count). The lowest BCUT2D eigenvalue weighted by Gasteiger charge is -2.10. The first-order valence-electron chi connectivity index (χ1n) is 9.19. The van der Waals surface area contributed by atoms with Crippen molar-refractivity contribution in [2.75, 3.05) is 19.0 Å². The second kappa shape index (κ2) is 9.33. The van der Waals surface area contributed by atoms with Crippen LogP contribution in [0.25, 0.3) is 0 Å². The van der Waals surface area contributed by atoms with Crippen LogP contribution >= 0.6 is 23.4 Å². The van der Waals surface area contributed by atoms with E-state index >= 15 is 0 Å². The van der Waals surface area contributed by atoms with Gasteiger partial charge in [0.25, 0.3) is 0 Å². The number of amidine groups is 1. The number of thioether (sulfide) groups is 1. The number of carbonyl (C=O) groups excluding carboxylic acids is 2. The van der Waals surface area contributed by atoms with E-state index in [4.69, 9.17) is 16.3 Å². The molecule has 1 saturated heterocycles. The molecular formula is C21H22ClN3O3S. The molecular weight excluding hydrogens is 410 g/mol. The van der Waals surface area contributed by atoms with Crippen LogP contribution in [0.4, 0.5) is 11.4 Å². The number of aliphatic imine (C=N–C) groups is 1. The van der Waals surface area contributed by atoms with E-state index in [0.29, 0.717) is 22.5 Å². The quantitative estimate of drug-likeness (QED) is 0.723. The summed E-state index contributed by atoms with van der Waals surface area (Å²) in [6.07, 6.45) is 0.0572. The van der Waals surface area contributed by atoms with Crippen molar-refractivity contribution in [3.63, 3.8) is 0 Å². The Labute approximate surface area is 179 Å². The lowest BCUT2D eigenvalue weighted by molar-refractivity contribution is -0.127. The molecule has 0 aliphatic carbocycles. The van der Waals surface area contributed by atoms with Crippen LogP contribution in [0.15, 0.2) is 47.5 Å². The maximum Gasteiger partial charge on any atom is 0.242 e. The topological polar surface area (TPSA) is 71.0 Å². The Morgan fingerprint density at radius 2 is 2.00 bits per heavy atom. The van der Waals surface area contributed by atoms with Crippen molar-refractivity contribution in [2.45, 2.75) is 25.5 Å². The van der Waals surface area contributed by atoms with Gasteiger partial charge in [-0.1, -0.05) is 29.4 Å². The first kappa shape index (κ1) is 21.2. The number of hydrogen-bond acceptors (Lipinski definition) is 5. The van der Waals surface area contributed by atoms with Crippen LogP contribution in [0.2, 0.25) is 5.02 Å². The lowest BCUT2D eigenvalue weighted by Crippen LogP contribution is -2.30. The molecule has 1 N–H and O–H groups in total. The third kappa shape index (κ3) is 5.31. The van der Waals surface area contributed by atoms with Gasteiger partial charge in [-0.2, -0.15) is 0 Å². The summed E-state index contributed by atoms with van der Waals surface area (Å²) >= 11 is 7.38. The minimum absolute atomic E-state index is 0.0572. The molecule has 6 nitrogen and oxygen atoms in total. The molecule has 2 amide bonds. The predicted octanol–water partition coefficient (Wildman–Crippen LogP) is 4.64. The van der Waals surface area contributed by atoms with Crippen LogP contribution in [0.1, 0.15) is 18.9 Å². The Bertz CT molecular complexity index is 947. The minimum Gasteiger partial charge on any atom is -0.494 e. The molecule has 1 aliphatic rings. The van der Waals surface area contributed by atoms with Crippen molar-refractivity contribution in [1.82, 2.24) is 4.90 Å². The molecule has 1 atom stereocenters. The molecule has 2 aromatic rings. The highest BCUT2D eigenvalue weighted by Gasteiger charge is 2.37. The van der Waals surface area contributed by atoms with Gasteiger partial charge in [0, 0.05) is 24.2 Å². The van der Waals surface area contributed by atoms with Crippen molar-refractivity contribution < 1.29 is 14.3 Å². The van der Waals surface area contributed by atoms with Gasteiger partial charge >= 0.3 is 0 Å². The van der Waals surface area contributed by atoms with E-state index in [9.17, 15) is 9.59 Å². The first-order chi connectivity index (χ1) is 13.9. The molecule has 29 heavy (non-hydrogen) atoms. The maximum absolute atomic E-state index is 12.5. The van der Waals surface area contributed by atoms with E-state index in [0.717, 1.165) is 17.0 Å². The number of nitrogens with one attached hydrogen (secondary N) is 1. The highest BCUT2D eigenvalue weighted by Crippen LogP contribution is 2.31. The fraction of sp³-hybridized carbons (Fsp3) is 0.286. The highest BCUT2D eigenvalue weighted by molar-refractivity contribution is 8.15. The van der Waals surface area contributed by atoms with Gasteiger partial charge in [0.05, 0.1) is 12.3 Å². The standard InChI is InChI=1S/C21H22ClN3O3S/c1-4-28-16-9-7-14(8-10-16)24-21-25(3)20(27)18(29-21)12-19(26)23-15-6-5-13(2)17(22)11-15/h5-11,18H,4,12H2,1-3H3,(H,23,26)/t18-/m1/s1. The zero-order valence-electron chi connectivity index (χ0n) is 16.4. The van der Waals surface area contributed by atoms with Gasteiger partial charge < -0.3 is 10.1 Å². The molecule has 0 unspecified atom stereocenters. The van der Waals surface area contributed by atoms with Crippen LogP contribution in [0, 0.1) is 6.92 Å². The Kier molecular flexibility index (Phi) is 6.82. The number of benzene rings is 2. The van der Waals surface area contributed by atoms with E-state index in [1.54, 1.807) is 19.2 Å². The Hall–Kier alpha value is -2.51. The number of nitrogens with zero attached hydrogens (tertiary/aromatic N) is 2. The van der Waals surface area contributed by atoms with Gasteiger partial charge in [0.1, 0.15) is 11.0 Å². The van der Waals surface area contributed by atoms with Gasteiger partial charge in [-0.05, 0) is 55.8 Å². The van der Waals surface area contributed by atoms with E-state index in [1.165, 1.54) is 16.7 Å². The highest BCUT2D eigenvalue weighted by atomic mass is 35.5. The number of amides is 2. The molecule has 2 aromatic carbocycles. The summed E-state index contributed by atoms with van der Waals surface area (Å²) < 4.78 is 5.42. The number of carbonyl (C=O) groups is 2. The average Bonchev–Trinajstić information content (AvgIpc) is 2.94. The number of aryl methyl sites for hydroxylation is 1. The smallest absolute Gasteiger partial charge is 0.242 e. The predicted molar refractivity (Wildman–Crippen MR) is 118 cm³/mol. The Balaban J connectivity index is 1.64. The molecule has 152 valence electrons. The van der Waals surface area contributed by atoms with Crippen molar-refractivity contribution >= 4 is 51.7 Å². The molecule has 0 saturated carbocycles. The second-order valence-electron chi connectivity index (χ2n) is 6.54. The van der Waals surface area contributed by atoms with Crippen LogP contribution < -0.4 is 10.1 Å². The number of anilines is 1. The third-order valence-electron chi connectivity index (χ3n) is 4.34. The summed E-state index contributed by atoms with van der Waals surface area (Å²) in [5.41, 5.74) is 2.26. The lowest BCUT2D eigenvalue weighted by atomic mass is 10.2. The molecule has 0 bridgehead atoms. The fourth-order valence-electron chi connectivity index (χ4n) is 2.74. The van der Waals surface area contributed by atoms with Crippen LogP contribution in [0.5, 0.6) is 5.75 Å². The maximum atomic E-state index is 12.5. The van der Waals surface area contributed by atoms with Gasteiger partial charge in [-0.3, -0.25) is 14.5 Å². The second-order valence-corrected chi connectivity index (χ2v) is 8.12. The number of halogens is 1. The Morgan fingerprint density at radius 1 is 1.28 bits per heavy atom. The van der Waals surface area contributed by atoms with E-state index in [-0.39, 0.29) is 18.2 Å². The van der Waals surface area contributed by atoms with E-state index in [2.05, 4.69) is 10.3 Å². The first-order valence-corrected chi connectivity index (χ1v) is 10.4. The number of rotatable bonds is 6. The molecule has 0 aromatic heterocycles. The fourth-order valence-corrected chi connectivity index (χ4v) is 4.08. The van der Waals surface area contributed by atoms with Crippen molar-refractivity contribution in [3.8, 4) is 5.75 Å². The van der Waals surface area contributed by atoms with Gasteiger partial charge in [0.2, 0.25) is 11.8 Å². The SMILES string of the molecule is CCOc1ccc(N=C2S[C@H](CC(=O)Nc3ccc(C)c(Cl)c3)C(=O)N2C)cc1. The third-order valence-corrected chi connectivity index (χ3v) is 5.98. The molecule has 0 radical (unpaired) electrons. The van der Waals surface area contributed by atoms with Crippen molar-refractivity contribution in [1.29, 1.82) is 0 Å². The van der Waals surface area contributed by atoms with Crippen LogP contribution in [-0.2, 0) is 9.59 Å². The average molecular weight is 432 g/mol. The monoisotopic (exact) mass is 431 g/mol. The summed E-state index contributed by atoms with van der Waals surface area (Å²) in [5, 5.41) is 3.43. The molecule has 1 aliphatic heterocycles. The zero-order valence-corrected chi connectivity index (χ0v) is 18.0. The molecule has 8 heteroatoms. The number of hydrogen-bond donors (Lipinski definition) is 1. The number of ether oxygens (including phenoxy) is 1. The Morgan fingerprint density at radius 3 is 2.66 bits per heavy atom. The van der Waals surface area contributed by atoms with Crippen LogP contribution in [0.3, 0.4) is 0 Å². The molecule has 1 fully saturated rings. The summed E-state index contributed by atoms with van der Waals surface area (Å²) in [7, 11) is 1.67. The van der Waals surface area contributed by atoms with Gasteiger partial charge in [-0.15, -0.1) is 0 Å². The van der Waals surface area contributed by atoms with Crippen molar-refractivity contribution in [3.05, 3.63) is 53.1 Å². The molecule has 1 heterocycles. The summed E-state index contributed by atoms with van der Waals surface area (Å²) in [5.74, 6) is 0.383. The largest absolute Gasteiger partial charge is 0.494 e. The van der Waals surface area contributed by atoms with Gasteiger partial charge in [0.15, 0.2) is 5.17 Å². The van der Waals surface area contributed by atoms with Crippen LogP contribution in [-0.4, -0.2) is 40.8 Å². The van der Waals surface area contributed by atoms with E-state index < -0.39 is 5.25 Å². The zero-order chi connectivity index (χ0) is 21.0. The van der Waals surface area contributed by atoms with Crippen molar-refractivity contribution in [2.24, 2.45) is 4.99 Å². The summed E-state index contributed by atoms with van der Waals surface area (Å²) in [6.45, 7) is 4.41. The van der Waals surface area contributed by atoms with Gasteiger partial charge in [-0.25, -0.2) is 4.99 Å². The summed E-state index contributed by atoms with van der Waals surface area (Å²) in [4.78, 5) is 30.9.